The molecule has 0 fully saturated rings. The topological polar surface area (TPSA) is 23.6 Å². The van der Waals surface area contributed by atoms with Gasteiger partial charge in [0.15, 0.2) is 0 Å². The first-order valence-corrected chi connectivity index (χ1v) is 9.69. The molecule has 1 heterocycles. The van der Waals surface area contributed by atoms with Crippen molar-refractivity contribution in [3.8, 4) is 0 Å². The Balaban J connectivity index is 1.89. The SMILES string of the molecule is CCCCCC1=C/C(=C\c2ccc(N(C)C)cc2)C(=O)N1c1ccccc1. The summed E-state index contributed by atoms with van der Waals surface area (Å²) >= 11 is 0. The second-order valence-electron chi connectivity index (χ2n) is 7.15. The van der Waals surface area contributed by atoms with E-state index < -0.39 is 0 Å². The van der Waals surface area contributed by atoms with Crippen molar-refractivity contribution in [2.75, 3.05) is 23.9 Å². The molecule has 2 aromatic rings. The summed E-state index contributed by atoms with van der Waals surface area (Å²) in [4.78, 5) is 17.1. The number of benzene rings is 2. The molecule has 1 aliphatic heterocycles. The van der Waals surface area contributed by atoms with Crippen LogP contribution in [-0.2, 0) is 4.79 Å². The zero-order valence-corrected chi connectivity index (χ0v) is 16.5. The lowest BCUT2D eigenvalue weighted by Gasteiger charge is -2.20. The number of unbranched alkanes of at least 4 members (excludes halogenated alkanes) is 2. The molecule has 3 rings (SSSR count). The Kier molecular flexibility index (Phi) is 6.12. The second kappa shape index (κ2) is 8.72. The van der Waals surface area contributed by atoms with Gasteiger partial charge in [-0.3, -0.25) is 9.69 Å². The lowest BCUT2D eigenvalue weighted by molar-refractivity contribution is -0.114. The van der Waals surface area contributed by atoms with E-state index in [9.17, 15) is 4.79 Å². The van der Waals surface area contributed by atoms with Crippen LogP contribution in [0.15, 0.2) is 71.9 Å². The minimum Gasteiger partial charge on any atom is -0.378 e. The Morgan fingerprint density at radius 1 is 0.963 bits per heavy atom. The fraction of sp³-hybridized carbons (Fsp3) is 0.292. The number of allylic oxidation sites excluding steroid dienone is 1. The van der Waals surface area contributed by atoms with Gasteiger partial charge < -0.3 is 4.90 Å². The number of para-hydroxylation sites is 1. The van der Waals surface area contributed by atoms with E-state index in [-0.39, 0.29) is 5.91 Å². The van der Waals surface area contributed by atoms with E-state index in [2.05, 4.69) is 42.2 Å². The van der Waals surface area contributed by atoms with Gasteiger partial charge in [-0.1, -0.05) is 50.1 Å². The number of hydrogen-bond donors (Lipinski definition) is 0. The number of amides is 1. The van der Waals surface area contributed by atoms with Crippen LogP contribution >= 0.6 is 0 Å². The molecule has 0 aromatic heterocycles. The molecule has 140 valence electrons. The fourth-order valence-corrected chi connectivity index (χ4v) is 3.32. The predicted octanol–water partition coefficient (Wildman–Crippen LogP) is 5.65. The van der Waals surface area contributed by atoms with Crippen molar-refractivity contribution in [1.82, 2.24) is 0 Å². The van der Waals surface area contributed by atoms with Gasteiger partial charge in [0.2, 0.25) is 0 Å². The van der Waals surface area contributed by atoms with Gasteiger partial charge in [0.05, 0.1) is 0 Å². The van der Waals surface area contributed by atoms with Crippen LogP contribution in [0.1, 0.15) is 38.2 Å². The van der Waals surface area contributed by atoms with Gasteiger partial charge in [0.1, 0.15) is 0 Å². The van der Waals surface area contributed by atoms with Crippen LogP contribution < -0.4 is 9.80 Å². The molecule has 0 unspecified atom stereocenters. The maximum absolute atomic E-state index is 13.1. The van der Waals surface area contributed by atoms with Gasteiger partial charge in [-0.15, -0.1) is 0 Å². The third-order valence-corrected chi connectivity index (χ3v) is 4.84. The standard InChI is InChI=1S/C24H28N2O/c1-4-5-7-12-23-18-20(17-19-13-15-21(16-14-19)25(2)3)24(27)26(23)22-10-8-6-9-11-22/h6,8-11,13-18H,4-5,7,12H2,1-3H3/b20-17+. The summed E-state index contributed by atoms with van der Waals surface area (Å²) in [6.07, 6.45) is 8.43. The Morgan fingerprint density at radius 2 is 1.67 bits per heavy atom. The molecular formula is C24H28N2O. The number of rotatable bonds is 7. The van der Waals surface area contributed by atoms with Crippen molar-refractivity contribution in [1.29, 1.82) is 0 Å². The monoisotopic (exact) mass is 360 g/mol. The van der Waals surface area contributed by atoms with E-state index in [1.54, 1.807) is 0 Å². The molecule has 1 amide bonds. The van der Waals surface area contributed by atoms with Crippen molar-refractivity contribution in [3.05, 3.63) is 77.5 Å². The molecule has 0 spiro atoms. The summed E-state index contributed by atoms with van der Waals surface area (Å²) in [5.74, 6) is 0.0596. The van der Waals surface area contributed by atoms with Crippen molar-refractivity contribution >= 4 is 23.4 Å². The number of anilines is 2. The Morgan fingerprint density at radius 3 is 2.30 bits per heavy atom. The van der Waals surface area contributed by atoms with Crippen LogP contribution in [0.5, 0.6) is 0 Å². The summed E-state index contributed by atoms with van der Waals surface area (Å²) in [6, 6.07) is 18.2. The maximum atomic E-state index is 13.1. The molecule has 3 heteroatoms. The van der Waals surface area contributed by atoms with Gasteiger partial charge in [-0.25, -0.2) is 0 Å². The van der Waals surface area contributed by atoms with E-state index in [0.717, 1.165) is 41.1 Å². The minimum absolute atomic E-state index is 0.0596. The molecule has 0 radical (unpaired) electrons. The number of carbonyl (C=O) groups is 1. The molecule has 0 N–H and O–H groups in total. The molecule has 2 aromatic carbocycles. The van der Waals surface area contributed by atoms with Gasteiger partial charge in [0, 0.05) is 36.7 Å². The van der Waals surface area contributed by atoms with E-state index in [1.165, 1.54) is 12.8 Å². The highest BCUT2D eigenvalue weighted by Crippen LogP contribution is 2.32. The highest BCUT2D eigenvalue weighted by atomic mass is 16.2. The van der Waals surface area contributed by atoms with Gasteiger partial charge in [-0.05, 0) is 54.8 Å². The molecular weight excluding hydrogens is 332 g/mol. The maximum Gasteiger partial charge on any atom is 0.262 e. The highest BCUT2D eigenvalue weighted by Gasteiger charge is 2.28. The van der Waals surface area contributed by atoms with Gasteiger partial charge >= 0.3 is 0 Å². The van der Waals surface area contributed by atoms with Crippen LogP contribution in [0, 0.1) is 0 Å². The number of carbonyl (C=O) groups excluding carboxylic acids is 1. The average molecular weight is 361 g/mol. The van der Waals surface area contributed by atoms with Crippen LogP contribution in [0.2, 0.25) is 0 Å². The third-order valence-electron chi connectivity index (χ3n) is 4.84. The summed E-state index contributed by atoms with van der Waals surface area (Å²) in [5, 5.41) is 0. The lowest BCUT2D eigenvalue weighted by atomic mass is 10.1. The van der Waals surface area contributed by atoms with Crippen LogP contribution in [0.25, 0.3) is 6.08 Å². The molecule has 27 heavy (non-hydrogen) atoms. The third kappa shape index (κ3) is 4.48. The fourth-order valence-electron chi connectivity index (χ4n) is 3.32. The van der Waals surface area contributed by atoms with Gasteiger partial charge in [-0.2, -0.15) is 0 Å². The number of nitrogens with zero attached hydrogens (tertiary/aromatic N) is 2. The molecule has 3 nitrogen and oxygen atoms in total. The summed E-state index contributed by atoms with van der Waals surface area (Å²) in [7, 11) is 4.05. The Bertz CT molecular complexity index is 832. The Labute approximate surface area is 162 Å². The Hall–Kier alpha value is -2.81. The smallest absolute Gasteiger partial charge is 0.262 e. The number of hydrogen-bond acceptors (Lipinski definition) is 2. The molecule has 0 saturated carbocycles. The summed E-state index contributed by atoms with van der Waals surface area (Å²) in [6.45, 7) is 2.20. The quantitative estimate of drug-likeness (QED) is 0.471. The van der Waals surface area contributed by atoms with Crippen LogP contribution in [0.4, 0.5) is 11.4 Å². The first-order valence-electron chi connectivity index (χ1n) is 9.69. The van der Waals surface area contributed by atoms with Crippen LogP contribution in [-0.4, -0.2) is 20.0 Å². The lowest BCUT2D eigenvalue weighted by Crippen LogP contribution is -2.25. The van der Waals surface area contributed by atoms with Crippen molar-refractivity contribution in [3.63, 3.8) is 0 Å². The minimum atomic E-state index is 0.0596. The predicted molar refractivity (Wildman–Crippen MR) is 115 cm³/mol. The van der Waals surface area contributed by atoms with E-state index >= 15 is 0 Å². The largest absolute Gasteiger partial charge is 0.378 e. The summed E-state index contributed by atoms with van der Waals surface area (Å²) in [5.41, 5.74) is 4.98. The first kappa shape index (κ1) is 19.0. The van der Waals surface area contributed by atoms with E-state index in [0.29, 0.717) is 0 Å². The second-order valence-corrected chi connectivity index (χ2v) is 7.15. The molecule has 1 aliphatic rings. The summed E-state index contributed by atoms with van der Waals surface area (Å²) < 4.78 is 0. The van der Waals surface area contributed by atoms with E-state index in [4.69, 9.17) is 0 Å². The highest BCUT2D eigenvalue weighted by molar-refractivity contribution is 6.15. The molecule has 0 atom stereocenters. The van der Waals surface area contributed by atoms with Crippen molar-refractivity contribution in [2.45, 2.75) is 32.6 Å². The van der Waals surface area contributed by atoms with Crippen LogP contribution in [0.3, 0.4) is 0 Å². The molecule has 0 bridgehead atoms. The van der Waals surface area contributed by atoms with E-state index in [1.807, 2.05) is 55.4 Å². The van der Waals surface area contributed by atoms with Gasteiger partial charge in [0.25, 0.3) is 5.91 Å². The zero-order chi connectivity index (χ0) is 19.2. The van der Waals surface area contributed by atoms with Crippen molar-refractivity contribution < 1.29 is 4.79 Å². The molecule has 0 saturated heterocycles. The average Bonchev–Trinajstić information content (AvgIpc) is 2.98. The zero-order valence-electron chi connectivity index (χ0n) is 16.5. The molecule has 0 aliphatic carbocycles. The van der Waals surface area contributed by atoms with Crippen molar-refractivity contribution in [2.24, 2.45) is 0 Å². The first-order chi connectivity index (χ1) is 13.1. The normalized spacial score (nSPS) is 15.4.